The van der Waals surface area contributed by atoms with Gasteiger partial charge in [0.05, 0.1) is 6.61 Å². The van der Waals surface area contributed by atoms with Crippen LogP contribution in [-0.2, 0) is 19.2 Å². The van der Waals surface area contributed by atoms with Crippen molar-refractivity contribution in [1.82, 2.24) is 4.98 Å². The van der Waals surface area contributed by atoms with E-state index in [9.17, 15) is 18.3 Å². The molecular weight excluding hydrogens is 397 g/mol. The van der Waals surface area contributed by atoms with Gasteiger partial charge in [-0.1, -0.05) is 11.2 Å². The number of aromatic nitrogens is 1. The lowest BCUT2D eigenvalue weighted by Crippen LogP contribution is -2.63. The molecule has 2 rings (SSSR count). The highest BCUT2D eigenvalue weighted by Crippen LogP contribution is 2.48. The summed E-state index contributed by atoms with van der Waals surface area (Å²) < 4.78 is 53.8. The molecule has 1 aliphatic rings. The number of alkyl halides is 3. The predicted molar refractivity (Wildman–Crippen MR) is 89.1 cm³/mol. The van der Waals surface area contributed by atoms with Crippen LogP contribution >= 0.6 is 24.7 Å². The van der Waals surface area contributed by atoms with Gasteiger partial charge in [0.1, 0.15) is 41.3 Å². The number of aliphatic hydroxyl groups excluding tert-OH is 1. The molecule has 1 N–H and O–H groups in total. The van der Waals surface area contributed by atoms with Crippen LogP contribution < -0.4 is 0 Å². The van der Waals surface area contributed by atoms with Gasteiger partial charge in [0.25, 0.3) is 0 Å². The van der Waals surface area contributed by atoms with Gasteiger partial charge < -0.3 is 18.8 Å². The quantitative estimate of drug-likeness (QED) is 0.244. The molecule has 26 heavy (non-hydrogen) atoms. The van der Waals surface area contributed by atoms with Crippen molar-refractivity contribution < 1.29 is 31.9 Å². The van der Waals surface area contributed by atoms with Crippen LogP contribution in [0.3, 0.4) is 0 Å². The van der Waals surface area contributed by atoms with Crippen molar-refractivity contribution in [3.63, 3.8) is 0 Å². The first-order chi connectivity index (χ1) is 12.3. The third-order valence-electron chi connectivity index (χ3n) is 3.79. The number of halogens is 3. The van der Waals surface area contributed by atoms with E-state index in [-0.39, 0.29) is 5.56 Å². The summed E-state index contributed by atoms with van der Waals surface area (Å²) in [4.78, 5) is 6.70. The first-order valence-electron chi connectivity index (χ1n) is 7.15. The Balaban J connectivity index is 2.63. The Morgan fingerprint density at radius 2 is 2.27 bits per heavy atom. The van der Waals surface area contributed by atoms with Crippen LogP contribution in [0.15, 0.2) is 29.6 Å². The third kappa shape index (κ3) is 4.19. The summed E-state index contributed by atoms with van der Waals surface area (Å²) >= 11 is 3.45. The van der Waals surface area contributed by atoms with Crippen molar-refractivity contribution in [3.05, 3.63) is 40.5 Å². The lowest BCUT2D eigenvalue weighted by molar-refractivity contribution is -0.192. The predicted octanol–water partition coefficient (Wildman–Crippen LogP) is 2.80. The fourth-order valence-corrected chi connectivity index (χ4v) is 3.82. The molecule has 0 saturated carbocycles. The summed E-state index contributed by atoms with van der Waals surface area (Å²) in [6, 6.07) is 3.02. The normalized spacial score (nSPS) is 32.1. The summed E-state index contributed by atoms with van der Waals surface area (Å²) in [5.41, 5.74) is 1.80. The van der Waals surface area contributed by atoms with E-state index in [2.05, 4.69) is 27.6 Å². The highest BCUT2D eigenvalue weighted by molar-refractivity contribution is 7.95. The van der Waals surface area contributed by atoms with Crippen LogP contribution in [0.4, 0.5) is 13.2 Å². The maximum Gasteiger partial charge on any atom is 0.467 e. The van der Waals surface area contributed by atoms with Crippen molar-refractivity contribution in [2.45, 2.75) is 34.8 Å². The van der Waals surface area contributed by atoms with Gasteiger partial charge in [0.2, 0.25) is 0 Å². The van der Waals surface area contributed by atoms with Gasteiger partial charge in [-0.2, -0.15) is 13.2 Å². The minimum Gasteiger partial charge on any atom is -0.394 e. The van der Waals surface area contributed by atoms with Crippen LogP contribution in [0.2, 0.25) is 0 Å². The molecule has 1 unspecified atom stereocenters. The number of methoxy groups -OCH3 is 1. The largest absolute Gasteiger partial charge is 0.467 e. The minimum absolute atomic E-state index is 0.234. The van der Waals surface area contributed by atoms with Crippen molar-refractivity contribution in [2.24, 2.45) is 5.11 Å². The van der Waals surface area contributed by atoms with Gasteiger partial charge in [-0.25, -0.2) is 0 Å². The summed E-state index contributed by atoms with van der Waals surface area (Å²) in [7, 11) is 1.27. The van der Waals surface area contributed by atoms with Gasteiger partial charge in [-0.05, 0) is 17.2 Å². The van der Waals surface area contributed by atoms with Gasteiger partial charge in [0, 0.05) is 24.4 Å². The molecule has 1 saturated heterocycles. The van der Waals surface area contributed by atoms with Crippen molar-refractivity contribution in [2.75, 3.05) is 13.7 Å². The minimum atomic E-state index is -4.72. The monoisotopic (exact) mass is 412 g/mol. The van der Waals surface area contributed by atoms with Crippen LogP contribution in [-0.4, -0.2) is 53.1 Å². The Hall–Kier alpha value is -1.21. The Morgan fingerprint density at radius 3 is 2.77 bits per heavy atom. The summed E-state index contributed by atoms with van der Waals surface area (Å²) in [6.45, 7) is -0.695. The number of rotatable bonds is 6. The molecule has 1 aliphatic heterocycles. The average Bonchev–Trinajstić information content (AvgIpc) is 2.60. The molecule has 1 fully saturated rings. The average molecular weight is 412 g/mol. The van der Waals surface area contributed by atoms with E-state index in [0.29, 0.717) is 0 Å². The van der Waals surface area contributed by atoms with Crippen LogP contribution in [0.25, 0.3) is 10.4 Å². The Kier molecular flexibility index (Phi) is 7.02. The van der Waals surface area contributed by atoms with E-state index in [4.69, 9.17) is 19.2 Å². The standard InChI is InChI=1S/C13H15F3N4O4S2/c1-22-10-11(25)23-8(6-21)9(24-26-13(14,15)16)12(10,19-20-17)7-3-2-4-18-5-7/h2-5,8-11,21,25H,6H2,1H3/t8-,9+,10+,11-,12?/m1/s1. The molecule has 0 bridgehead atoms. The summed E-state index contributed by atoms with van der Waals surface area (Å²) in [5.74, 6) is 0. The Morgan fingerprint density at radius 1 is 1.54 bits per heavy atom. The first-order valence-corrected chi connectivity index (χ1v) is 8.41. The number of ether oxygens (including phenoxy) is 2. The second-order valence-corrected chi connectivity index (χ2v) is 6.54. The zero-order chi connectivity index (χ0) is 19.4. The van der Waals surface area contributed by atoms with Gasteiger partial charge >= 0.3 is 5.51 Å². The fourth-order valence-electron chi connectivity index (χ4n) is 2.83. The van der Waals surface area contributed by atoms with E-state index in [1.165, 1.54) is 31.6 Å². The second-order valence-electron chi connectivity index (χ2n) is 5.21. The molecule has 0 spiro atoms. The van der Waals surface area contributed by atoms with E-state index in [1.54, 1.807) is 0 Å². The van der Waals surface area contributed by atoms with Crippen molar-refractivity contribution >= 4 is 24.7 Å². The summed E-state index contributed by atoms with van der Waals surface area (Å²) in [6.07, 6.45) is -1.16. The van der Waals surface area contributed by atoms with Crippen molar-refractivity contribution in [1.29, 1.82) is 0 Å². The fraction of sp³-hybridized carbons (Fsp3) is 0.615. The van der Waals surface area contributed by atoms with Gasteiger partial charge in [-0.15, -0.1) is 12.6 Å². The smallest absolute Gasteiger partial charge is 0.394 e. The molecule has 2 heterocycles. The lowest BCUT2D eigenvalue weighted by Gasteiger charge is -2.50. The molecule has 0 aliphatic carbocycles. The molecule has 0 amide bonds. The molecule has 8 nitrogen and oxygen atoms in total. The highest BCUT2D eigenvalue weighted by atomic mass is 32.2. The summed E-state index contributed by atoms with van der Waals surface area (Å²) in [5, 5.41) is 13.3. The second kappa shape index (κ2) is 8.65. The molecular formula is C13H15F3N4O4S2. The first kappa shape index (κ1) is 21.1. The topological polar surface area (TPSA) is 110 Å². The molecule has 1 aromatic heterocycles. The van der Waals surface area contributed by atoms with Crippen molar-refractivity contribution in [3.8, 4) is 0 Å². The lowest BCUT2D eigenvalue weighted by atomic mass is 9.77. The van der Waals surface area contributed by atoms with E-state index >= 15 is 0 Å². The molecule has 0 aromatic carbocycles. The number of hydrogen-bond donors (Lipinski definition) is 2. The zero-order valence-corrected chi connectivity index (χ0v) is 15.0. The van der Waals surface area contributed by atoms with E-state index < -0.39 is 53.4 Å². The van der Waals surface area contributed by atoms with Crippen LogP contribution in [0.5, 0.6) is 0 Å². The van der Waals surface area contributed by atoms with Crippen LogP contribution in [0, 0.1) is 0 Å². The highest BCUT2D eigenvalue weighted by Gasteiger charge is 2.59. The number of hydrogen-bond acceptors (Lipinski definition) is 8. The van der Waals surface area contributed by atoms with Crippen LogP contribution in [0.1, 0.15) is 5.56 Å². The Bertz CT molecular complexity index is 650. The molecule has 1 aromatic rings. The molecule has 5 atom stereocenters. The SMILES string of the molecule is CO[C@H]1[C@@H](S)O[C@H](CO)[C@H](OSC(F)(F)F)C1(N=[N+]=[N-])c1cccnc1. The molecule has 144 valence electrons. The van der Waals surface area contributed by atoms with E-state index in [0.717, 1.165) is 0 Å². The number of thiol groups is 1. The number of pyridine rings is 1. The van der Waals surface area contributed by atoms with Gasteiger partial charge in [0.15, 0.2) is 0 Å². The number of aliphatic hydroxyl groups is 1. The molecule has 13 heteroatoms. The maximum absolute atomic E-state index is 12.7. The maximum atomic E-state index is 12.7. The Labute approximate surface area is 156 Å². The number of nitrogens with zero attached hydrogens (tertiary/aromatic N) is 4. The number of azide groups is 1. The third-order valence-corrected chi connectivity index (χ3v) is 4.68. The van der Waals surface area contributed by atoms with E-state index in [1.807, 2.05) is 0 Å². The zero-order valence-electron chi connectivity index (χ0n) is 13.3. The molecule has 0 radical (unpaired) electrons. The van der Waals surface area contributed by atoms with Gasteiger partial charge in [-0.3, -0.25) is 4.98 Å².